The minimum atomic E-state index is -0.540. The average molecular weight is 381 g/mol. The van der Waals surface area contributed by atoms with Crippen molar-refractivity contribution in [3.05, 3.63) is 93.9 Å². The topological polar surface area (TPSA) is 94.4 Å². The van der Waals surface area contributed by atoms with Crippen molar-refractivity contribution < 1.29 is 18.8 Å². The molecule has 0 saturated carbocycles. The summed E-state index contributed by atoms with van der Waals surface area (Å²) >= 11 is 0. The summed E-state index contributed by atoms with van der Waals surface area (Å²) in [6.07, 6.45) is 1.78. The van der Waals surface area contributed by atoms with Crippen LogP contribution in [0.5, 0.6) is 11.6 Å². The van der Waals surface area contributed by atoms with Crippen LogP contribution in [0.1, 0.15) is 15.9 Å². The van der Waals surface area contributed by atoms with E-state index in [2.05, 4.69) is 10.3 Å². The Morgan fingerprint density at radius 2 is 1.96 bits per heavy atom. The van der Waals surface area contributed by atoms with Gasteiger partial charge in [-0.15, -0.1) is 0 Å². The van der Waals surface area contributed by atoms with Gasteiger partial charge in [0.1, 0.15) is 17.1 Å². The maximum Gasteiger partial charge on any atom is 0.273 e. The predicted molar refractivity (Wildman–Crippen MR) is 99.8 cm³/mol. The van der Waals surface area contributed by atoms with Crippen LogP contribution < -0.4 is 10.1 Å². The molecule has 3 rings (SSSR count). The zero-order valence-electron chi connectivity index (χ0n) is 14.7. The fourth-order valence-corrected chi connectivity index (χ4v) is 2.52. The minimum Gasteiger partial charge on any atom is -0.438 e. The van der Waals surface area contributed by atoms with Crippen molar-refractivity contribution in [3.8, 4) is 11.6 Å². The van der Waals surface area contributed by atoms with Gasteiger partial charge in [0.25, 0.3) is 11.6 Å². The predicted octanol–water partition coefficient (Wildman–Crippen LogP) is 3.89. The van der Waals surface area contributed by atoms with Gasteiger partial charge in [0, 0.05) is 18.8 Å². The number of hydrogen-bond acceptors (Lipinski definition) is 5. The number of rotatable bonds is 7. The normalized spacial score (nSPS) is 10.3. The Morgan fingerprint density at radius 3 is 2.75 bits per heavy atom. The Bertz CT molecular complexity index is 1010. The number of carbonyl (C=O) groups excluding carboxylic acids is 1. The molecule has 0 aliphatic rings. The van der Waals surface area contributed by atoms with Gasteiger partial charge in [-0.2, -0.15) is 0 Å². The molecule has 2 aromatic carbocycles. The highest BCUT2D eigenvalue weighted by molar-refractivity contribution is 5.96. The molecule has 1 amide bonds. The van der Waals surface area contributed by atoms with Crippen LogP contribution in [0.2, 0.25) is 0 Å². The van der Waals surface area contributed by atoms with E-state index in [4.69, 9.17) is 4.74 Å². The molecule has 0 aliphatic carbocycles. The van der Waals surface area contributed by atoms with E-state index in [0.29, 0.717) is 12.0 Å². The third-order valence-corrected chi connectivity index (χ3v) is 3.90. The molecule has 0 atom stereocenters. The van der Waals surface area contributed by atoms with Gasteiger partial charge < -0.3 is 10.1 Å². The molecule has 3 aromatic rings. The molecule has 8 heteroatoms. The van der Waals surface area contributed by atoms with E-state index in [9.17, 15) is 19.3 Å². The van der Waals surface area contributed by atoms with Crippen molar-refractivity contribution in [3.63, 3.8) is 0 Å². The number of halogens is 1. The highest BCUT2D eigenvalue weighted by Crippen LogP contribution is 2.26. The van der Waals surface area contributed by atoms with Crippen LogP contribution in [0.4, 0.5) is 10.1 Å². The van der Waals surface area contributed by atoms with Crippen LogP contribution in [-0.2, 0) is 6.42 Å². The van der Waals surface area contributed by atoms with E-state index < -0.39 is 10.8 Å². The molecule has 7 nitrogen and oxygen atoms in total. The van der Waals surface area contributed by atoms with E-state index in [1.54, 1.807) is 24.3 Å². The van der Waals surface area contributed by atoms with Crippen LogP contribution in [0.25, 0.3) is 0 Å². The Hall–Kier alpha value is -3.81. The van der Waals surface area contributed by atoms with Gasteiger partial charge in [0.2, 0.25) is 5.88 Å². The van der Waals surface area contributed by atoms with Crippen molar-refractivity contribution >= 4 is 11.6 Å². The van der Waals surface area contributed by atoms with Crippen LogP contribution >= 0.6 is 0 Å². The molecule has 0 radical (unpaired) electrons. The maximum atomic E-state index is 13.6. The number of carbonyl (C=O) groups is 1. The molecule has 1 aromatic heterocycles. The second-order valence-corrected chi connectivity index (χ2v) is 5.81. The number of ether oxygens (including phenoxy) is 1. The summed E-state index contributed by atoms with van der Waals surface area (Å²) < 4.78 is 19.2. The van der Waals surface area contributed by atoms with Crippen molar-refractivity contribution in [2.24, 2.45) is 0 Å². The van der Waals surface area contributed by atoms with Crippen LogP contribution in [-0.4, -0.2) is 22.4 Å². The van der Waals surface area contributed by atoms with Crippen LogP contribution in [0, 0.1) is 15.9 Å². The van der Waals surface area contributed by atoms with Gasteiger partial charge in [0.15, 0.2) is 0 Å². The lowest BCUT2D eigenvalue weighted by Crippen LogP contribution is -2.26. The smallest absolute Gasteiger partial charge is 0.273 e. The summed E-state index contributed by atoms with van der Waals surface area (Å²) in [6.45, 7) is 0.227. The molecule has 0 bridgehead atoms. The van der Waals surface area contributed by atoms with Gasteiger partial charge in [0.05, 0.1) is 11.0 Å². The lowest BCUT2D eigenvalue weighted by molar-refractivity contribution is -0.384. The Morgan fingerprint density at radius 1 is 1.14 bits per heavy atom. The number of nitro groups is 1. The summed E-state index contributed by atoms with van der Waals surface area (Å²) in [4.78, 5) is 26.9. The number of non-ortho nitro benzene ring substituents is 1. The van der Waals surface area contributed by atoms with Gasteiger partial charge in [-0.1, -0.05) is 24.3 Å². The summed E-state index contributed by atoms with van der Waals surface area (Å²) in [5.74, 6) is -0.558. The molecular weight excluding hydrogens is 365 g/mol. The largest absolute Gasteiger partial charge is 0.438 e. The number of nitrogens with zero attached hydrogens (tertiary/aromatic N) is 2. The molecular formula is C20H16FN3O4. The van der Waals surface area contributed by atoms with Gasteiger partial charge in [-0.25, -0.2) is 9.37 Å². The van der Waals surface area contributed by atoms with Crippen LogP contribution in [0.3, 0.4) is 0 Å². The molecule has 0 saturated heterocycles. The summed E-state index contributed by atoms with van der Waals surface area (Å²) in [6, 6.07) is 15.0. The molecule has 1 heterocycles. The number of pyridine rings is 1. The third kappa shape index (κ3) is 4.67. The monoisotopic (exact) mass is 381 g/mol. The summed E-state index contributed by atoms with van der Waals surface area (Å²) in [7, 11) is 0. The second kappa shape index (κ2) is 8.72. The molecule has 142 valence electrons. The number of hydrogen-bond donors (Lipinski definition) is 1. The van der Waals surface area contributed by atoms with E-state index in [-0.39, 0.29) is 35.2 Å². The van der Waals surface area contributed by atoms with E-state index in [0.717, 1.165) is 0 Å². The minimum absolute atomic E-state index is 0.0198. The van der Waals surface area contributed by atoms with Gasteiger partial charge in [-0.3, -0.25) is 14.9 Å². The van der Waals surface area contributed by atoms with Gasteiger partial charge >= 0.3 is 0 Å². The first-order valence-electron chi connectivity index (χ1n) is 8.43. The lowest BCUT2D eigenvalue weighted by atomic mass is 10.1. The molecule has 0 aliphatic heterocycles. The van der Waals surface area contributed by atoms with Gasteiger partial charge in [-0.05, 0) is 36.2 Å². The first-order chi connectivity index (χ1) is 13.5. The molecule has 1 N–H and O–H groups in total. The number of aromatic nitrogens is 1. The average Bonchev–Trinajstić information content (AvgIpc) is 2.70. The Kier molecular flexibility index (Phi) is 5.91. The number of amides is 1. The third-order valence-electron chi connectivity index (χ3n) is 3.90. The van der Waals surface area contributed by atoms with Crippen molar-refractivity contribution in [1.29, 1.82) is 0 Å². The first kappa shape index (κ1) is 19.0. The SMILES string of the molecule is O=C(NCCc1ccccc1F)c1cccnc1Oc1cccc([N+](=O)[O-])c1. The fraction of sp³-hybridized carbons (Fsp3) is 0.100. The van der Waals surface area contributed by atoms with Crippen LogP contribution in [0.15, 0.2) is 66.9 Å². The summed E-state index contributed by atoms with van der Waals surface area (Å²) in [5, 5.41) is 13.6. The molecule has 0 fully saturated rings. The van der Waals surface area contributed by atoms with Crippen molar-refractivity contribution in [2.45, 2.75) is 6.42 Å². The first-order valence-corrected chi connectivity index (χ1v) is 8.43. The van der Waals surface area contributed by atoms with E-state index in [1.165, 1.54) is 42.6 Å². The number of nitro benzene ring substituents is 1. The number of nitrogens with one attached hydrogen (secondary N) is 1. The van der Waals surface area contributed by atoms with Crippen molar-refractivity contribution in [2.75, 3.05) is 6.54 Å². The fourth-order valence-electron chi connectivity index (χ4n) is 2.52. The standard InChI is InChI=1S/C20H16FN3O4/c21-18-9-2-1-5-14(18)10-12-22-19(25)17-8-4-11-23-20(17)28-16-7-3-6-15(13-16)24(26)27/h1-9,11,13H,10,12H2,(H,22,25). The molecule has 28 heavy (non-hydrogen) atoms. The Balaban J connectivity index is 1.69. The molecule has 0 spiro atoms. The Labute approximate surface area is 160 Å². The number of benzene rings is 2. The second-order valence-electron chi connectivity index (χ2n) is 5.81. The lowest BCUT2D eigenvalue weighted by Gasteiger charge is -2.10. The quantitative estimate of drug-likeness (QED) is 0.495. The summed E-state index contributed by atoms with van der Waals surface area (Å²) in [5.41, 5.74) is 0.536. The van der Waals surface area contributed by atoms with E-state index >= 15 is 0 Å². The molecule has 0 unspecified atom stereocenters. The highest BCUT2D eigenvalue weighted by atomic mass is 19.1. The zero-order valence-corrected chi connectivity index (χ0v) is 14.7. The maximum absolute atomic E-state index is 13.6. The zero-order chi connectivity index (χ0) is 19.9. The van der Waals surface area contributed by atoms with E-state index in [1.807, 2.05) is 0 Å². The highest BCUT2D eigenvalue weighted by Gasteiger charge is 2.15. The van der Waals surface area contributed by atoms with Crippen molar-refractivity contribution in [1.82, 2.24) is 10.3 Å².